The van der Waals surface area contributed by atoms with Crippen LogP contribution in [0.2, 0.25) is 0 Å². The van der Waals surface area contributed by atoms with Crippen LogP contribution < -0.4 is 5.32 Å². The van der Waals surface area contributed by atoms with Gasteiger partial charge in [0.1, 0.15) is 4.88 Å². The van der Waals surface area contributed by atoms with Crippen LogP contribution in [0.25, 0.3) is 0 Å². The zero-order valence-corrected chi connectivity index (χ0v) is 18.1. The number of thioether (sulfide) groups is 1. The number of hydrogen-bond acceptors (Lipinski definition) is 5. The molecule has 1 aromatic heterocycles. The number of carbonyl (C=O) groups excluding carboxylic acids is 1. The highest BCUT2D eigenvalue weighted by Crippen LogP contribution is 2.22. The molecular formula is C21H29N3OS2. The first-order valence-corrected chi connectivity index (χ1v) is 11.6. The fourth-order valence-corrected chi connectivity index (χ4v) is 5.30. The molecule has 0 unspecified atom stereocenters. The predicted octanol–water partition coefficient (Wildman–Crippen LogP) is 4.49. The molecular weight excluding hydrogens is 374 g/mol. The minimum atomic E-state index is -0.0569. The van der Waals surface area contributed by atoms with Gasteiger partial charge in [-0.2, -0.15) is 11.8 Å². The van der Waals surface area contributed by atoms with Crippen molar-refractivity contribution >= 4 is 34.7 Å². The first-order chi connectivity index (χ1) is 13.0. The summed E-state index contributed by atoms with van der Waals surface area (Å²) in [6.07, 6.45) is 1.98. The summed E-state index contributed by atoms with van der Waals surface area (Å²) in [7, 11) is 0. The van der Waals surface area contributed by atoms with Crippen LogP contribution in [-0.4, -0.2) is 46.9 Å². The molecule has 1 aliphatic heterocycles. The first kappa shape index (κ1) is 20.4. The van der Waals surface area contributed by atoms with Gasteiger partial charge >= 0.3 is 0 Å². The van der Waals surface area contributed by atoms with Crippen molar-refractivity contribution in [3.05, 3.63) is 45.4 Å². The maximum absolute atomic E-state index is 12.6. The Hall–Kier alpha value is -1.37. The third-order valence-corrected chi connectivity index (χ3v) is 6.78. The van der Waals surface area contributed by atoms with Gasteiger partial charge in [0.05, 0.1) is 10.7 Å². The number of hydrogen-bond donors (Lipinski definition) is 1. The van der Waals surface area contributed by atoms with Crippen molar-refractivity contribution in [2.24, 2.45) is 5.92 Å². The molecule has 1 amide bonds. The molecule has 2 aromatic rings. The normalized spacial score (nSPS) is 15.3. The van der Waals surface area contributed by atoms with Crippen LogP contribution in [0.1, 0.15) is 39.8 Å². The van der Waals surface area contributed by atoms with E-state index in [0.29, 0.717) is 5.92 Å². The summed E-state index contributed by atoms with van der Waals surface area (Å²) in [4.78, 5) is 20.4. The van der Waals surface area contributed by atoms with Gasteiger partial charge < -0.3 is 10.2 Å². The average Bonchev–Trinajstić information content (AvgIpc) is 3.01. The van der Waals surface area contributed by atoms with Crippen molar-refractivity contribution in [1.29, 1.82) is 0 Å². The van der Waals surface area contributed by atoms with Crippen LogP contribution in [0.4, 0.5) is 5.69 Å². The minimum absolute atomic E-state index is 0.0569. The minimum Gasteiger partial charge on any atom is -0.321 e. The molecule has 1 aliphatic rings. The van der Waals surface area contributed by atoms with E-state index in [2.05, 4.69) is 41.2 Å². The zero-order valence-electron chi connectivity index (χ0n) is 16.5. The Morgan fingerprint density at radius 3 is 2.59 bits per heavy atom. The fourth-order valence-electron chi connectivity index (χ4n) is 3.15. The van der Waals surface area contributed by atoms with E-state index in [1.165, 1.54) is 41.5 Å². The lowest BCUT2D eigenvalue weighted by molar-refractivity contribution is 0.103. The molecule has 0 radical (unpaired) electrons. The van der Waals surface area contributed by atoms with Crippen LogP contribution in [-0.2, 0) is 12.8 Å². The maximum Gasteiger partial charge on any atom is 0.267 e. The van der Waals surface area contributed by atoms with Crippen LogP contribution in [0.15, 0.2) is 24.3 Å². The Morgan fingerprint density at radius 1 is 1.22 bits per heavy atom. The van der Waals surface area contributed by atoms with Crippen LogP contribution in [0, 0.1) is 12.8 Å². The highest BCUT2D eigenvalue weighted by molar-refractivity contribution is 7.99. The van der Waals surface area contributed by atoms with E-state index in [4.69, 9.17) is 0 Å². The van der Waals surface area contributed by atoms with E-state index in [1.54, 1.807) is 0 Å². The first-order valence-electron chi connectivity index (χ1n) is 9.68. The second-order valence-electron chi connectivity index (χ2n) is 7.48. The Morgan fingerprint density at radius 2 is 1.93 bits per heavy atom. The largest absolute Gasteiger partial charge is 0.321 e. The van der Waals surface area contributed by atoms with E-state index in [-0.39, 0.29) is 5.91 Å². The molecule has 0 bridgehead atoms. The standard InChI is InChI=1S/C21H29N3OS2/c1-15(2)14-19-22-16(3)20(27-19)21(25)23-18-6-4-17(5-7-18)8-9-24-10-12-26-13-11-24/h4-7,15H,8-14H2,1-3H3,(H,23,25). The molecule has 6 heteroatoms. The van der Waals surface area contributed by atoms with E-state index in [9.17, 15) is 4.79 Å². The summed E-state index contributed by atoms with van der Waals surface area (Å²) >= 11 is 3.56. The van der Waals surface area contributed by atoms with Crippen LogP contribution in [0.5, 0.6) is 0 Å². The van der Waals surface area contributed by atoms with Crippen molar-refractivity contribution in [2.75, 3.05) is 36.5 Å². The molecule has 27 heavy (non-hydrogen) atoms. The SMILES string of the molecule is Cc1nc(CC(C)C)sc1C(=O)Nc1ccc(CCN2CCSCC2)cc1. The van der Waals surface area contributed by atoms with E-state index in [0.717, 1.165) is 40.7 Å². The number of aryl methyl sites for hydroxylation is 1. The Labute approximate surface area is 170 Å². The molecule has 3 rings (SSSR count). The summed E-state index contributed by atoms with van der Waals surface area (Å²) < 4.78 is 0. The quantitative estimate of drug-likeness (QED) is 0.740. The Bertz CT molecular complexity index is 749. The molecule has 0 spiro atoms. The van der Waals surface area contributed by atoms with Crippen molar-refractivity contribution in [2.45, 2.75) is 33.6 Å². The van der Waals surface area contributed by atoms with Gasteiger partial charge in [-0.05, 0) is 37.0 Å². The molecule has 146 valence electrons. The summed E-state index contributed by atoms with van der Waals surface area (Å²) in [6, 6.07) is 8.26. The highest BCUT2D eigenvalue weighted by Gasteiger charge is 2.16. The summed E-state index contributed by atoms with van der Waals surface area (Å²) in [5, 5.41) is 4.06. The fraction of sp³-hybridized carbons (Fsp3) is 0.524. The number of amides is 1. The Balaban J connectivity index is 1.54. The van der Waals surface area contributed by atoms with E-state index in [1.807, 2.05) is 30.8 Å². The molecule has 4 nitrogen and oxygen atoms in total. The highest BCUT2D eigenvalue weighted by atomic mass is 32.2. The second kappa shape index (κ2) is 9.71. The smallest absolute Gasteiger partial charge is 0.267 e. The van der Waals surface area contributed by atoms with Gasteiger partial charge in [0.15, 0.2) is 0 Å². The van der Waals surface area contributed by atoms with Gasteiger partial charge in [-0.25, -0.2) is 4.98 Å². The average molecular weight is 404 g/mol. The number of carbonyl (C=O) groups is 1. The number of nitrogens with one attached hydrogen (secondary N) is 1. The zero-order chi connectivity index (χ0) is 19.2. The van der Waals surface area contributed by atoms with Crippen LogP contribution >= 0.6 is 23.1 Å². The summed E-state index contributed by atoms with van der Waals surface area (Å²) in [6.45, 7) is 9.77. The van der Waals surface area contributed by atoms with Crippen molar-refractivity contribution in [1.82, 2.24) is 9.88 Å². The van der Waals surface area contributed by atoms with Gasteiger partial charge in [-0.15, -0.1) is 11.3 Å². The number of benzene rings is 1. The van der Waals surface area contributed by atoms with Gasteiger partial charge in [-0.3, -0.25) is 4.79 Å². The molecule has 1 saturated heterocycles. The summed E-state index contributed by atoms with van der Waals surface area (Å²) in [5.74, 6) is 2.99. The van der Waals surface area contributed by atoms with Gasteiger partial charge in [-0.1, -0.05) is 26.0 Å². The predicted molar refractivity (Wildman–Crippen MR) is 117 cm³/mol. The van der Waals surface area contributed by atoms with E-state index >= 15 is 0 Å². The van der Waals surface area contributed by atoms with Crippen molar-refractivity contribution in [3.8, 4) is 0 Å². The van der Waals surface area contributed by atoms with Gasteiger partial charge in [0, 0.05) is 43.2 Å². The lowest BCUT2D eigenvalue weighted by Crippen LogP contribution is -2.34. The maximum atomic E-state index is 12.6. The lowest BCUT2D eigenvalue weighted by Gasteiger charge is -2.26. The Kier molecular flexibility index (Phi) is 7.33. The lowest BCUT2D eigenvalue weighted by atomic mass is 10.1. The van der Waals surface area contributed by atoms with Crippen molar-refractivity contribution < 1.29 is 4.79 Å². The molecule has 1 aromatic carbocycles. The summed E-state index contributed by atoms with van der Waals surface area (Å²) in [5.41, 5.74) is 2.99. The number of nitrogens with zero attached hydrogens (tertiary/aromatic N) is 2. The number of aromatic nitrogens is 1. The molecule has 0 atom stereocenters. The number of anilines is 1. The van der Waals surface area contributed by atoms with Gasteiger partial charge in [0.2, 0.25) is 0 Å². The van der Waals surface area contributed by atoms with Crippen LogP contribution in [0.3, 0.4) is 0 Å². The monoisotopic (exact) mass is 403 g/mol. The number of thiazole rings is 1. The molecule has 2 heterocycles. The molecule has 0 saturated carbocycles. The second-order valence-corrected chi connectivity index (χ2v) is 9.78. The number of rotatable bonds is 7. The molecule has 0 aliphatic carbocycles. The molecule has 1 N–H and O–H groups in total. The van der Waals surface area contributed by atoms with Gasteiger partial charge in [0.25, 0.3) is 5.91 Å². The molecule has 1 fully saturated rings. The van der Waals surface area contributed by atoms with Crippen molar-refractivity contribution in [3.63, 3.8) is 0 Å². The third-order valence-electron chi connectivity index (χ3n) is 4.66. The third kappa shape index (κ3) is 6.06. The topological polar surface area (TPSA) is 45.2 Å². The van der Waals surface area contributed by atoms with E-state index < -0.39 is 0 Å².